The van der Waals surface area contributed by atoms with Crippen LogP contribution in [0.5, 0.6) is 0 Å². The molecule has 120 valence electrons. The Morgan fingerprint density at radius 1 is 1.36 bits per heavy atom. The number of benzene rings is 1. The fourth-order valence-electron chi connectivity index (χ4n) is 2.37. The first kappa shape index (κ1) is 16.7. The number of amidine groups is 1. The van der Waals surface area contributed by atoms with Gasteiger partial charge in [-0.25, -0.2) is 8.78 Å². The third-order valence-corrected chi connectivity index (χ3v) is 4.12. The Balaban J connectivity index is 2.13. The molecule has 1 saturated heterocycles. The molecule has 1 atom stereocenters. The summed E-state index contributed by atoms with van der Waals surface area (Å²) in [5.74, 6) is -2.99. The summed E-state index contributed by atoms with van der Waals surface area (Å²) in [6.45, 7) is 0.300. The highest BCUT2D eigenvalue weighted by Gasteiger charge is 2.42. The Kier molecular flexibility index (Phi) is 5.00. The van der Waals surface area contributed by atoms with E-state index in [1.54, 1.807) is 0 Å². The molecule has 1 aromatic rings. The number of guanidine groups is 1. The van der Waals surface area contributed by atoms with Crippen LogP contribution < -0.4 is 11.5 Å². The number of hydrogen-bond acceptors (Lipinski definition) is 2. The normalized spacial score (nSPS) is 21.7. The highest BCUT2D eigenvalue weighted by molar-refractivity contribution is 9.10. The molecule has 1 unspecified atom stereocenters. The van der Waals surface area contributed by atoms with E-state index in [4.69, 9.17) is 16.9 Å². The molecule has 5 N–H and O–H groups in total. The van der Waals surface area contributed by atoms with E-state index in [0.717, 1.165) is 10.0 Å². The van der Waals surface area contributed by atoms with Crippen molar-refractivity contribution in [3.05, 3.63) is 34.3 Å². The first-order chi connectivity index (χ1) is 10.3. The molecule has 0 amide bonds. The molecule has 1 fully saturated rings. The predicted molar refractivity (Wildman–Crippen MR) is 86.1 cm³/mol. The Labute approximate surface area is 136 Å². The Hall–Kier alpha value is -1.70. The summed E-state index contributed by atoms with van der Waals surface area (Å²) in [5, 5.41) is 7.50. The molecular formula is C14H18BrF2N5. The molecule has 8 heteroatoms. The van der Waals surface area contributed by atoms with Crippen LogP contribution >= 0.6 is 15.9 Å². The standard InChI is InChI=1S/C14H18BrF2N5/c15-10-3-1-9(2-4-10)8-21-12(18)11-7-14(16,17)5-6-22(11)13(19)20/h1-4,11H,5-8H2,(H2,18,21)(H3,19,20). The van der Waals surface area contributed by atoms with E-state index < -0.39 is 18.4 Å². The molecular weight excluding hydrogens is 356 g/mol. The smallest absolute Gasteiger partial charge is 0.252 e. The number of halogens is 3. The largest absolute Gasteiger partial charge is 0.386 e. The second-order valence-electron chi connectivity index (χ2n) is 5.27. The summed E-state index contributed by atoms with van der Waals surface area (Å²) in [7, 11) is 0. The van der Waals surface area contributed by atoms with Gasteiger partial charge in [0.15, 0.2) is 5.96 Å². The lowest BCUT2D eigenvalue weighted by atomic mass is 9.98. The molecule has 0 bridgehead atoms. The third-order valence-electron chi connectivity index (χ3n) is 3.59. The van der Waals surface area contributed by atoms with Crippen molar-refractivity contribution in [1.29, 1.82) is 5.41 Å². The lowest BCUT2D eigenvalue weighted by Crippen LogP contribution is -2.57. The highest BCUT2D eigenvalue weighted by Crippen LogP contribution is 2.31. The van der Waals surface area contributed by atoms with Crippen molar-refractivity contribution >= 4 is 27.7 Å². The average molecular weight is 374 g/mol. The van der Waals surface area contributed by atoms with Crippen LogP contribution in [0.15, 0.2) is 33.7 Å². The van der Waals surface area contributed by atoms with E-state index in [1.807, 2.05) is 24.3 Å². The summed E-state index contributed by atoms with van der Waals surface area (Å²) in [6.07, 6.45) is -0.800. The van der Waals surface area contributed by atoms with Crippen molar-refractivity contribution in [2.45, 2.75) is 31.4 Å². The lowest BCUT2D eigenvalue weighted by Gasteiger charge is -2.39. The minimum Gasteiger partial charge on any atom is -0.386 e. The van der Waals surface area contributed by atoms with E-state index in [-0.39, 0.29) is 24.8 Å². The first-order valence-electron chi connectivity index (χ1n) is 6.81. The molecule has 1 heterocycles. The van der Waals surface area contributed by atoms with Gasteiger partial charge < -0.3 is 16.4 Å². The van der Waals surface area contributed by atoms with Gasteiger partial charge in [-0.1, -0.05) is 28.1 Å². The number of hydrogen-bond donors (Lipinski definition) is 3. The Bertz CT molecular complexity index is 573. The summed E-state index contributed by atoms with van der Waals surface area (Å²) in [6, 6.07) is 6.66. The average Bonchev–Trinajstić information content (AvgIpc) is 2.45. The Morgan fingerprint density at radius 3 is 2.59 bits per heavy atom. The quantitative estimate of drug-likeness (QED) is 0.560. The SMILES string of the molecule is N=C(N)N1CCC(F)(F)CC1C(N)=NCc1ccc(Br)cc1. The van der Waals surface area contributed by atoms with Crippen LogP contribution in [0.1, 0.15) is 18.4 Å². The van der Waals surface area contributed by atoms with Gasteiger partial charge in [0.25, 0.3) is 5.92 Å². The van der Waals surface area contributed by atoms with Crippen molar-refractivity contribution in [3.8, 4) is 0 Å². The van der Waals surface area contributed by atoms with Gasteiger partial charge in [-0.2, -0.15) is 0 Å². The predicted octanol–water partition coefficient (Wildman–Crippen LogP) is 2.30. The van der Waals surface area contributed by atoms with Crippen molar-refractivity contribution in [2.24, 2.45) is 16.5 Å². The maximum absolute atomic E-state index is 13.6. The number of rotatable bonds is 3. The van der Waals surface area contributed by atoms with Gasteiger partial charge in [0, 0.05) is 23.9 Å². The van der Waals surface area contributed by atoms with Gasteiger partial charge in [-0.3, -0.25) is 10.4 Å². The van der Waals surface area contributed by atoms with Gasteiger partial charge in [0.2, 0.25) is 0 Å². The highest BCUT2D eigenvalue weighted by atomic mass is 79.9. The molecule has 0 aromatic heterocycles. The van der Waals surface area contributed by atoms with Crippen molar-refractivity contribution in [1.82, 2.24) is 4.90 Å². The van der Waals surface area contributed by atoms with Gasteiger partial charge in [0.1, 0.15) is 5.84 Å². The number of alkyl halides is 2. The lowest BCUT2D eigenvalue weighted by molar-refractivity contribution is -0.0527. The van der Waals surface area contributed by atoms with Crippen LogP contribution in [0.4, 0.5) is 8.78 Å². The van der Waals surface area contributed by atoms with Crippen LogP contribution in [0.25, 0.3) is 0 Å². The molecule has 2 rings (SSSR count). The molecule has 22 heavy (non-hydrogen) atoms. The number of piperidine rings is 1. The number of nitrogens with two attached hydrogens (primary N) is 2. The maximum atomic E-state index is 13.6. The fourth-order valence-corrected chi connectivity index (χ4v) is 2.63. The van der Waals surface area contributed by atoms with Gasteiger partial charge in [0.05, 0.1) is 12.6 Å². The topological polar surface area (TPSA) is 91.5 Å². The van der Waals surface area contributed by atoms with Crippen LogP contribution in [0, 0.1) is 5.41 Å². The monoisotopic (exact) mass is 373 g/mol. The number of nitrogens with one attached hydrogen (secondary N) is 1. The van der Waals surface area contributed by atoms with Crippen LogP contribution in [-0.4, -0.2) is 35.2 Å². The molecule has 0 radical (unpaired) electrons. The van der Waals surface area contributed by atoms with Gasteiger partial charge in [-0.15, -0.1) is 0 Å². The van der Waals surface area contributed by atoms with E-state index in [0.29, 0.717) is 6.54 Å². The zero-order chi connectivity index (χ0) is 16.3. The van der Waals surface area contributed by atoms with E-state index in [9.17, 15) is 8.78 Å². The first-order valence-corrected chi connectivity index (χ1v) is 7.60. The summed E-state index contributed by atoms with van der Waals surface area (Å²) >= 11 is 3.34. The van der Waals surface area contributed by atoms with Gasteiger partial charge >= 0.3 is 0 Å². The molecule has 0 spiro atoms. The molecule has 1 aromatic carbocycles. The number of likely N-dealkylation sites (tertiary alicyclic amines) is 1. The van der Waals surface area contributed by atoms with Crippen LogP contribution in [0.2, 0.25) is 0 Å². The van der Waals surface area contributed by atoms with E-state index in [1.165, 1.54) is 4.90 Å². The van der Waals surface area contributed by atoms with Crippen LogP contribution in [-0.2, 0) is 6.54 Å². The second-order valence-corrected chi connectivity index (χ2v) is 6.19. The summed E-state index contributed by atoms with van der Waals surface area (Å²) < 4.78 is 28.2. The van der Waals surface area contributed by atoms with Crippen LogP contribution in [0.3, 0.4) is 0 Å². The zero-order valence-corrected chi connectivity index (χ0v) is 13.5. The summed E-state index contributed by atoms with van der Waals surface area (Å²) in [5.41, 5.74) is 12.3. The summed E-state index contributed by atoms with van der Waals surface area (Å²) in [4.78, 5) is 5.57. The fraction of sp³-hybridized carbons (Fsp3) is 0.429. The zero-order valence-electron chi connectivity index (χ0n) is 11.9. The molecule has 1 aliphatic heterocycles. The third kappa shape index (κ3) is 4.16. The van der Waals surface area contributed by atoms with Gasteiger partial charge in [-0.05, 0) is 17.7 Å². The maximum Gasteiger partial charge on any atom is 0.252 e. The second kappa shape index (κ2) is 6.60. The minimum absolute atomic E-state index is 0.00149. The van der Waals surface area contributed by atoms with E-state index >= 15 is 0 Å². The molecule has 0 saturated carbocycles. The molecule has 5 nitrogen and oxygen atoms in total. The minimum atomic E-state index is -2.81. The van der Waals surface area contributed by atoms with Crippen molar-refractivity contribution in [3.63, 3.8) is 0 Å². The number of nitrogens with zero attached hydrogens (tertiary/aromatic N) is 2. The van der Waals surface area contributed by atoms with Crippen molar-refractivity contribution in [2.75, 3.05) is 6.54 Å². The van der Waals surface area contributed by atoms with Crippen molar-refractivity contribution < 1.29 is 8.78 Å². The molecule has 0 aliphatic carbocycles. The number of aliphatic imine (C=N–C) groups is 1. The Morgan fingerprint density at radius 2 is 2.00 bits per heavy atom. The van der Waals surface area contributed by atoms with E-state index in [2.05, 4.69) is 20.9 Å². The molecule has 1 aliphatic rings.